The van der Waals surface area contributed by atoms with Gasteiger partial charge in [-0.3, -0.25) is 0 Å². The highest BCUT2D eigenvalue weighted by molar-refractivity contribution is 5.19. The molecule has 5 aliphatic rings. The van der Waals surface area contributed by atoms with Crippen molar-refractivity contribution in [3.8, 4) is 0 Å². The summed E-state index contributed by atoms with van der Waals surface area (Å²) in [7, 11) is 0. The van der Waals surface area contributed by atoms with Crippen LogP contribution in [0.3, 0.4) is 0 Å². The topological polar surface area (TPSA) is 20.2 Å². The predicted octanol–water partition coefficient (Wildman–Crippen LogP) is 8.10. The summed E-state index contributed by atoms with van der Waals surface area (Å²) in [4.78, 5) is 0. The van der Waals surface area contributed by atoms with Crippen LogP contribution in [0.1, 0.15) is 120 Å². The lowest BCUT2D eigenvalue weighted by Crippen LogP contribution is -2.66. The molecule has 0 aromatic heterocycles. The molecule has 5 rings (SSSR count). The van der Waals surface area contributed by atoms with Gasteiger partial charge < -0.3 is 5.11 Å². The zero-order valence-corrected chi connectivity index (χ0v) is 22.1. The SMILES string of the molecule is CC(C)[C@H]1CC[C@]2(C)[C@H]3CC[C@@H]4[C@@]5(C)CC[C@H](O)C(C)(C)[C@@H]5CC[C@@]4(C)[C@]3(C)CC[C@@H]12. The van der Waals surface area contributed by atoms with Crippen molar-refractivity contribution in [2.45, 2.75) is 126 Å². The molecule has 0 amide bonds. The molecule has 0 unspecified atom stereocenters. The molecule has 1 nitrogen and oxygen atoms in total. The molecule has 5 aliphatic carbocycles. The van der Waals surface area contributed by atoms with Crippen LogP contribution in [0.25, 0.3) is 0 Å². The van der Waals surface area contributed by atoms with Crippen LogP contribution in [0.5, 0.6) is 0 Å². The zero-order valence-electron chi connectivity index (χ0n) is 22.1. The van der Waals surface area contributed by atoms with Crippen LogP contribution in [0.2, 0.25) is 0 Å². The lowest BCUT2D eigenvalue weighted by atomic mass is 9.32. The summed E-state index contributed by atoms with van der Waals surface area (Å²) in [6.45, 7) is 20.7. The van der Waals surface area contributed by atoms with E-state index in [1.807, 2.05) is 0 Å². The van der Waals surface area contributed by atoms with Gasteiger partial charge in [-0.05, 0) is 127 Å². The minimum Gasteiger partial charge on any atom is -0.393 e. The third-order valence-electron chi connectivity index (χ3n) is 13.9. The van der Waals surface area contributed by atoms with Gasteiger partial charge in [0.1, 0.15) is 0 Å². The van der Waals surface area contributed by atoms with E-state index in [9.17, 15) is 5.11 Å². The molecule has 31 heavy (non-hydrogen) atoms. The van der Waals surface area contributed by atoms with Crippen molar-refractivity contribution >= 4 is 0 Å². The average molecular weight is 429 g/mol. The van der Waals surface area contributed by atoms with Crippen molar-refractivity contribution < 1.29 is 5.11 Å². The van der Waals surface area contributed by atoms with E-state index in [2.05, 4.69) is 55.4 Å². The van der Waals surface area contributed by atoms with Gasteiger partial charge >= 0.3 is 0 Å². The van der Waals surface area contributed by atoms with Gasteiger partial charge in [0.05, 0.1) is 6.10 Å². The highest BCUT2D eigenvalue weighted by Gasteiger charge is 2.70. The second-order valence-corrected chi connectivity index (χ2v) is 15.1. The van der Waals surface area contributed by atoms with Crippen molar-refractivity contribution in [2.75, 3.05) is 0 Å². The first-order chi connectivity index (χ1) is 14.3. The summed E-state index contributed by atoms with van der Waals surface area (Å²) in [5.74, 6) is 5.25. The van der Waals surface area contributed by atoms with Crippen LogP contribution in [0.15, 0.2) is 0 Å². The number of aliphatic hydroxyl groups is 1. The highest BCUT2D eigenvalue weighted by Crippen LogP contribution is 2.78. The Kier molecular flexibility index (Phi) is 4.96. The molecule has 0 aliphatic heterocycles. The zero-order chi connectivity index (χ0) is 22.6. The average Bonchev–Trinajstić information content (AvgIpc) is 3.03. The van der Waals surface area contributed by atoms with Gasteiger partial charge in [0.15, 0.2) is 0 Å². The van der Waals surface area contributed by atoms with Crippen LogP contribution in [-0.4, -0.2) is 11.2 Å². The van der Waals surface area contributed by atoms with Gasteiger partial charge in [-0.25, -0.2) is 0 Å². The maximum absolute atomic E-state index is 10.9. The van der Waals surface area contributed by atoms with Crippen LogP contribution in [0, 0.1) is 62.6 Å². The summed E-state index contributed by atoms with van der Waals surface area (Å²) < 4.78 is 0. The number of hydrogen-bond donors (Lipinski definition) is 1. The van der Waals surface area contributed by atoms with Gasteiger partial charge in [-0.15, -0.1) is 0 Å². The molecular weight excluding hydrogens is 376 g/mol. The first kappa shape index (κ1) is 22.7. The third-order valence-corrected chi connectivity index (χ3v) is 13.9. The Morgan fingerprint density at radius 2 is 1.16 bits per heavy atom. The van der Waals surface area contributed by atoms with Crippen molar-refractivity contribution in [2.24, 2.45) is 62.6 Å². The summed E-state index contributed by atoms with van der Waals surface area (Å²) in [5.41, 5.74) is 2.05. The van der Waals surface area contributed by atoms with E-state index in [0.717, 1.165) is 36.0 Å². The van der Waals surface area contributed by atoms with E-state index in [4.69, 9.17) is 0 Å². The Bertz CT molecular complexity index is 724. The largest absolute Gasteiger partial charge is 0.393 e. The van der Waals surface area contributed by atoms with Crippen LogP contribution in [0.4, 0.5) is 0 Å². The van der Waals surface area contributed by atoms with Gasteiger partial charge in [0.25, 0.3) is 0 Å². The maximum Gasteiger partial charge on any atom is 0.0594 e. The first-order valence-corrected chi connectivity index (χ1v) is 14.0. The molecular formula is C30H52O. The van der Waals surface area contributed by atoms with Gasteiger partial charge in [0.2, 0.25) is 0 Å². The van der Waals surface area contributed by atoms with E-state index in [1.54, 1.807) is 0 Å². The highest BCUT2D eigenvalue weighted by atomic mass is 16.3. The number of fused-ring (bicyclic) bond motifs is 7. The van der Waals surface area contributed by atoms with Crippen LogP contribution >= 0.6 is 0 Å². The minimum atomic E-state index is -0.109. The van der Waals surface area contributed by atoms with Gasteiger partial charge in [-0.1, -0.05) is 55.4 Å². The maximum atomic E-state index is 10.9. The molecule has 1 heteroatoms. The molecule has 0 bridgehead atoms. The molecule has 0 aromatic carbocycles. The lowest BCUT2D eigenvalue weighted by Gasteiger charge is -2.73. The van der Waals surface area contributed by atoms with E-state index < -0.39 is 0 Å². The molecule has 10 atom stereocenters. The van der Waals surface area contributed by atoms with Crippen molar-refractivity contribution in [3.05, 3.63) is 0 Å². The Morgan fingerprint density at radius 3 is 1.77 bits per heavy atom. The fourth-order valence-corrected chi connectivity index (χ4v) is 12.0. The Balaban J connectivity index is 1.52. The van der Waals surface area contributed by atoms with Crippen molar-refractivity contribution in [3.63, 3.8) is 0 Å². The molecule has 5 fully saturated rings. The van der Waals surface area contributed by atoms with Gasteiger partial charge in [0, 0.05) is 0 Å². The number of aliphatic hydroxyl groups excluding tert-OH is 1. The molecule has 0 spiro atoms. The second kappa shape index (κ2) is 6.76. The van der Waals surface area contributed by atoms with Crippen molar-refractivity contribution in [1.82, 2.24) is 0 Å². The smallest absolute Gasteiger partial charge is 0.0594 e. The van der Waals surface area contributed by atoms with E-state index in [0.29, 0.717) is 27.6 Å². The Morgan fingerprint density at radius 1 is 0.613 bits per heavy atom. The van der Waals surface area contributed by atoms with E-state index in [1.165, 1.54) is 57.8 Å². The fraction of sp³-hybridized carbons (Fsp3) is 1.00. The van der Waals surface area contributed by atoms with E-state index >= 15 is 0 Å². The summed E-state index contributed by atoms with van der Waals surface area (Å²) in [5, 5.41) is 10.9. The normalized spacial score (nSPS) is 58.3. The summed E-state index contributed by atoms with van der Waals surface area (Å²) in [6.07, 6.45) is 13.7. The Hall–Kier alpha value is -0.0400. The fourth-order valence-electron chi connectivity index (χ4n) is 12.0. The molecule has 0 saturated heterocycles. The number of rotatable bonds is 1. The summed E-state index contributed by atoms with van der Waals surface area (Å²) >= 11 is 0. The standard InChI is InChI=1S/C30H52O/c1-19(2)20-11-15-27(5)21(20)12-17-29(7)23(27)9-10-24-28(6)16-14-25(31)26(3,4)22(28)13-18-30(24,29)8/h19-25,31H,9-18H2,1-8H3/t20-,21+,22+,23-,24-,25+,27+,28+,29-,30-/m1/s1. The summed E-state index contributed by atoms with van der Waals surface area (Å²) in [6, 6.07) is 0. The van der Waals surface area contributed by atoms with Crippen LogP contribution < -0.4 is 0 Å². The second-order valence-electron chi connectivity index (χ2n) is 15.1. The van der Waals surface area contributed by atoms with E-state index in [-0.39, 0.29) is 11.5 Å². The monoisotopic (exact) mass is 428 g/mol. The third kappa shape index (κ3) is 2.65. The molecule has 0 aromatic rings. The lowest BCUT2D eigenvalue weighted by molar-refractivity contribution is -0.251. The predicted molar refractivity (Wildman–Crippen MR) is 131 cm³/mol. The Labute approximate surface area is 193 Å². The first-order valence-electron chi connectivity index (χ1n) is 14.0. The molecule has 1 N–H and O–H groups in total. The van der Waals surface area contributed by atoms with Gasteiger partial charge in [-0.2, -0.15) is 0 Å². The minimum absolute atomic E-state index is 0.0751. The molecule has 0 heterocycles. The molecule has 178 valence electrons. The quantitative estimate of drug-likeness (QED) is 0.447. The number of hydrogen-bond acceptors (Lipinski definition) is 1. The molecule has 5 saturated carbocycles. The van der Waals surface area contributed by atoms with Crippen molar-refractivity contribution in [1.29, 1.82) is 0 Å². The van der Waals surface area contributed by atoms with Crippen LogP contribution in [-0.2, 0) is 0 Å². The molecule has 0 radical (unpaired) electrons.